The van der Waals surface area contributed by atoms with Gasteiger partial charge in [-0.05, 0) is 30.7 Å². The summed E-state index contributed by atoms with van der Waals surface area (Å²) in [6.45, 7) is 5.86. The molecule has 0 radical (unpaired) electrons. The van der Waals surface area contributed by atoms with Gasteiger partial charge in [-0.2, -0.15) is 0 Å². The Hall–Kier alpha value is -6.70. The van der Waals surface area contributed by atoms with Crippen LogP contribution in [0.25, 0.3) is 0 Å². The van der Waals surface area contributed by atoms with Crippen LogP contribution in [-0.2, 0) is 71.4 Å². The number of hydrogen-bond donors (Lipinski definition) is 3. The van der Waals surface area contributed by atoms with Crippen molar-refractivity contribution >= 4 is 59.4 Å². The van der Waals surface area contributed by atoms with E-state index in [0.717, 1.165) is 80.1 Å². The Morgan fingerprint density at radius 3 is 1.20 bits per heavy atom. The summed E-state index contributed by atoms with van der Waals surface area (Å²) in [5.74, 6) is -10.5. The summed E-state index contributed by atoms with van der Waals surface area (Å²) >= 11 is 0. The van der Waals surface area contributed by atoms with Gasteiger partial charge in [0.25, 0.3) is 23.6 Å². The summed E-state index contributed by atoms with van der Waals surface area (Å²) in [6.07, 6.45) is -8.45. The van der Waals surface area contributed by atoms with Gasteiger partial charge in [0, 0.05) is 48.1 Å². The molecule has 456 valence electrons. The predicted octanol–water partition coefficient (Wildman–Crippen LogP) is 4.61. The van der Waals surface area contributed by atoms with Crippen LogP contribution >= 0.6 is 0 Å². The Labute approximate surface area is 481 Å². The Kier molecular flexibility index (Phi) is 23.8. The second kappa shape index (κ2) is 30.2. The molecule has 0 aromatic heterocycles. The van der Waals surface area contributed by atoms with Crippen LogP contribution < -0.4 is 0 Å². The van der Waals surface area contributed by atoms with Crippen LogP contribution in [0, 0.1) is 0 Å². The van der Waals surface area contributed by atoms with E-state index in [0.29, 0.717) is 16.2 Å². The van der Waals surface area contributed by atoms with E-state index in [-0.39, 0.29) is 35.3 Å². The number of unbranched alkanes of at least 4 members (excludes halogenated alkanes) is 13. The van der Waals surface area contributed by atoms with Crippen molar-refractivity contribution in [3.05, 3.63) is 70.8 Å². The number of carbonyl (C=O) groups is 10. The number of benzene rings is 2. The molecule has 2 saturated heterocycles. The maximum Gasteiger partial charge on any atom is 0.303 e. The second-order valence-corrected chi connectivity index (χ2v) is 21.3. The molecule has 13 atom stereocenters. The van der Waals surface area contributed by atoms with Gasteiger partial charge in [0.05, 0.1) is 22.3 Å². The number of ether oxygens (including phenoxy) is 9. The summed E-state index contributed by atoms with van der Waals surface area (Å²) in [7, 11) is 0. The van der Waals surface area contributed by atoms with E-state index in [2.05, 4.69) is 6.92 Å². The van der Waals surface area contributed by atoms with Gasteiger partial charge >= 0.3 is 35.8 Å². The van der Waals surface area contributed by atoms with E-state index in [4.69, 9.17) is 42.6 Å². The van der Waals surface area contributed by atoms with Crippen LogP contribution in [0.3, 0.4) is 0 Å². The topological polar surface area (TPSA) is 321 Å². The summed E-state index contributed by atoms with van der Waals surface area (Å²) < 4.78 is 52.8. The number of rotatable bonds is 30. The molecule has 2 aromatic rings. The molecule has 24 nitrogen and oxygen atoms in total. The van der Waals surface area contributed by atoms with Crippen molar-refractivity contribution < 1.29 is 106 Å². The van der Waals surface area contributed by atoms with Gasteiger partial charge in [-0.3, -0.25) is 57.7 Å². The number of hydrogen-bond acceptors (Lipinski definition) is 22. The first-order valence-corrected chi connectivity index (χ1v) is 28.4. The highest BCUT2D eigenvalue weighted by Gasteiger charge is 2.69. The smallest absolute Gasteiger partial charge is 0.303 e. The predicted molar refractivity (Wildman–Crippen MR) is 287 cm³/mol. The molecule has 4 aliphatic heterocycles. The van der Waals surface area contributed by atoms with Gasteiger partial charge in [-0.1, -0.05) is 115 Å². The van der Waals surface area contributed by atoms with Crippen LogP contribution in [0.15, 0.2) is 48.5 Å². The lowest BCUT2D eigenvalue weighted by Crippen LogP contribution is -2.79. The lowest BCUT2D eigenvalue weighted by atomic mass is 9.74. The van der Waals surface area contributed by atoms with Crippen LogP contribution in [0.2, 0.25) is 0 Å². The van der Waals surface area contributed by atoms with E-state index >= 15 is 0 Å². The van der Waals surface area contributed by atoms with Gasteiger partial charge < -0.3 is 58.0 Å². The molecule has 83 heavy (non-hydrogen) atoms. The average molecular weight is 1170 g/mol. The largest absolute Gasteiger partial charge is 0.463 e. The zero-order chi connectivity index (χ0) is 60.7. The maximum atomic E-state index is 14.8. The van der Waals surface area contributed by atoms with Gasteiger partial charge in [0.1, 0.15) is 55.8 Å². The molecule has 0 spiro atoms. The number of imide groups is 2. The SMILES string of the molecule is CCCCCCCCCCCCCCCCOC(O)[C@](O)(C(O)[C@@H]1O[C@H](COC(C)=O)[C@@H](OC(C)=O)[C@H](OC(C)=O)[C@H]1N1C(=O)c2ccccc2C1=O)[C@@H]1O[C@H](COC(C)=O)[C@@H](OC(C)=O)[C@H](OC(C)=O)[C@H]1N1C(=O)c2ccccc2C1=O. The molecular formula is C59H78N2O22. The number of esters is 6. The first-order chi connectivity index (χ1) is 39.5. The van der Waals surface area contributed by atoms with Crippen molar-refractivity contribution in [1.82, 2.24) is 9.80 Å². The molecule has 4 heterocycles. The highest BCUT2D eigenvalue weighted by atomic mass is 16.7. The molecule has 0 bridgehead atoms. The van der Waals surface area contributed by atoms with Crippen molar-refractivity contribution in [3.8, 4) is 0 Å². The van der Waals surface area contributed by atoms with Crippen molar-refractivity contribution in [2.75, 3.05) is 19.8 Å². The minimum atomic E-state index is -3.66. The molecule has 2 unspecified atom stereocenters. The van der Waals surface area contributed by atoms with E-state index in [1.165, 1.54) is 87.1 Å². The zero-order valence-corrected chi connectivity index (χ0v) is 48.1. The quantitative estimate of drug-likeness (QED) is 0.0316. The van der Waals surface area contributed by atoms with Crippen LogP contribution in [0.1, 0.15) is 180 Å². The number of aliphatic hydroxyl groups is 3. The maximum absolute atomic E-state index is 14.8. The first-order valence-electron chi connectivity index (χ1n) is 28.4. The third-order valence-electron chi connectivity index (χ3n) is 15.1. The number of nitrogens with zero attached hydrogens (tertiary/aromatic N) is 2. The van der Waals surface area contributed by atoms with E-state index in [1.54, 1.807) is 0 Å². The average Bonchev–Trinajstić information content (AvgIpc) is 3.77. The Morgan fingerprint density at radius 2 is 0.831 bits per heavy atom. The summed E-state index contributed by atoms with van der Waals surface area (Å²) in [5.41, 5.74) is -4.47. The highest BCUT2D eigenvalue weighted by Crippen LogP contribution is 2.45. The van der Waals surface area contributed by atoms with Crippen LogP contribution in [0.4, 0.5) is 0 Å². The Bertz CT molecular complexity index is 2590. The lowest BCUT2D eigenvalue weighted by Gasteiger charge is -2.56. The highest BCUT2D eigenvalue weighted by molar-refractivity contribution is 6.22. The molecule has 0 aliphatic carbocycles. The molecule has 4 amide bonds. The van der Waals surface area contributed by atoms with E-state index < -0.39 is 152 Å². The Morgan fingerprint density at radius 1 is 0.494 bits per heavy atom. The van der Waals surface area contributed by atoms with Gasteiger partial charge in [0.15, 0.2) is 36.3 Å². The van der Waals surface area contributed by atoms with Crippen molar-refractivity contribution in [3.63, 3.8) is 0 Å². The van der Waals surface area contributed by atoms with Gasteiger partial charge in [-0.15, -0.1) is 0 Å². The van der Waals surface area contributed by atoms with Gasteiger partial charge in [-0.25, -0.2) is 0 Å². The minimum absolute atomic E-state index is 0.194. The normalized spacial score (nSPS) is 25.4. The number of aliphatic hydroxyl groups excluding tert-OH is 2. The fourth-order valence-corrected chi connectivity index (χ4v) is 11.4. The first kappa shape index (κ1) is 65.5. The lowest BCUT2D eigenvalue weighted by molar-refractivity contribution is -0.343. The van der Waals surface area contributed by atoms with E-state index in [1.807, 2.05) is 0 Å². The molecule has 24 heteroatoms. The molecule has 3 N–H and O–H groups in total. The summed E-state index contributed by atoms with van der Waals surface area (Å²) in [5, 5.41) is 40.4. The number of fused-ring (bicyclic) bond motifs is 2. The zero-order valence-electron chi connectivity index (χ0n) is 48.1. The fraction of sp³-hybridized carbons (Fsp3) is 0.627. The standard InChI is InChI=1S/C59H78N2O22/c1-8-9-10-11-12-13-14-15-16-17-18-19-20-25-30-75-58(73)59(74,53-46(61-56(71)41-28-23-24-29-42(41)57(61)72)50(81-38(7)67)48(79-36(5)65)44(83-53)32-77-34(3)63)52(68)51-45(60-54(69)39-26-21-22-27-40(39)55(60)70)49(80-37(6)66)47(78-35(4)64)43(82-51)31-76-33(2)62/h21-24,26-29,43-53,58,68,73-74H,8-20,25,30-32H2,1-7H3/t43-,44-,45-,46-,47-,48-,49-,50-,51-,52?,53-,58?,59+/m1/s1. The summed E-state index contributed by atoms with van der Waals surface area (Å²) in [6, 6.07) is 6.43. The van der Waals surface area contributed by atoms with Crippen molar-refractivity contribution in [1.29, 1.82) is 0 Å². The van der Waals surface area contributed by atoms with Crippen LogP contribution in [-0.4, -0.2) is 183 Å². The summed E-state index contributed by atoms with van der Waals surface area (Å²) in [4.78, 5) is 138. The number of amides is 4. The van der Waals surface area contributed by atoms with Gasteiger partial charge in [0.2, 0.25) is 0 Å². The second-order valence-electron chi connectivity index (χ2n) is 21.3. The van der Waals surface area contributed by atoms with Crippen LogP contribution in [0.5, 0.6) is 0 Å². The molecule has 2 aromatic carbocycles. The monoisotopic (exact) mass is 1170 g/mol. The molecule has 2 fully saturated rings. The number of carbonyl (C=O) groups excluding carboxylic acids is 10. The van der Waals surface area contributed by atoms with Crippen molar-refractivity contribution in [2.24, 2.45) is 0 Å². The molecule has 6 rings (SSSR count). The third-order valence-corrected chi connectivity index (χ3v) is 15.1. The fourth-order valence-electron chi connectivity index (χ4n) is 11.4. The third kappa shape index (κ3) is 15.7. The minimum Gasteiger partial charge on any atom is -0.463 e. The molecular weight excluding hydrogens is 1090 g/mol. The molecule has 0 saturated carbocycles. The van der Waals surface area contributed by atoms with Crippen molar-refractivity contribution in [2.45, 2.75) is 217 Å². The Balaban J connectivity index is 1.51. The van der Waals surface area contributed by atoms with E-state index in [9.17, 15) is 63.3 Å². The molecule has 4 aliphatic rings.